The van der Waals surface area contributed by atoms with Gasteiger partial charge in [-0.15, -0.1) is 0 Å². The van der Waals surface area contributed by atoms with Crippen LogP contribution in [-0.2, 0) is 6.42 Å². The van der Waals surface area contributed by atoms with Gasteiger partial charge in [0, 0.05) is 23.6 Å². The van der Waals surface area contributed by atoms with Crippen molar-refractivity contribution in [2.75, 3.05) is 0 Å². The second-order valence-corrected chi connectivity index (χ2v) is 5.78. The van der Waals surface area contributed by atoms with E-state index in [0.717, 1.165) is 17.9 Å². The predicted molar refractivity (Wildman–Crippen MR) is 98.2 cm³/mol. The third-order valence-electron chi connectivity index (χ3n) is 4.17. The van der Waals surface area contributed by atoms with Crippen molar-refractivity contribution in [3.8, 4) is 17.1 Å². The largest absolute Gasteiger partial charge is 0.300 e. The zero-order chi connectivity index (χ0) is 16.2. The predicted octanol–water partition coefficient (Wildman–Crippen LogP) is 5.13. The average molecular weight is 310 g/mol. The van der Waals surface area contributed by atoms with E-state index in [9.17, 15) is 0 Å². The van der Waals surface area contributed by atoms with Gasteiger partial charge in [-0.25, -0.2) is 4.98 Å². The fourth-order valence-corrected chi connectivity index (χ4v) is 3.01. The van der Waals surface area contributed by atoms with Crippen LogP contribution >= 0.6 is 0 Å². The van der Waals surface area contributed by atoms with Crippen LogP contribution in [0.25, 0.3) is 17.1 Å². The van der Waals surface area contributed by atoms with Crippen molar-refractivity contribution in [2.45, 2.75) is 6.42 Å². The van der Waals surface area contributed by atoms with Crippen LogP contribution in [-0.4, -0.2) is 9.55 Å². The minimum absolute atomic E-state index is 0.901. The Balaban J connectivity index is 1.78. The van der Waals surface area contributed by atoms with Crippen LogP contribution in [0.3, 0.4) is 0 Å². The van der Waals surface area contributed by atoms with E-state index in [1.54, 1.807) is 0 Å². The molecule has 116 valence electrons. The highest BCUT2D eigenvalue weighted by molar-refractivity contribution is 5.63. The minimum atomic E-state index is 0.901. The zero-order valence-electron chi connectivity index (χ0n) is 13.3. The van der Waals surface area contributed by atoms with E-state index < -0.39 is 0 Å². The fraction of sp³-hybridized carbons (Fsp3) is 0.0455. The zero-order valence-corrected chi connectivity index (χ0v) is 13.3. The Morgan fingerprint density at radius 3 is 2.17 bits per heavy atom. The maximum Gasteiger partial charge on any atom is 0.144 e. The van der Waals surface area contributed by atoms with Crippen molar-refractivity contribution in [2.24, 2.45) is 0 Å². The molecule has 0 spiro atoms. The molecule has 0 atom stereocenters. The minimum Gasteiger partial charge on any atom is -0.300 e. The molecule has 0 aliphatic carbocycles. The summed E-state index contributed by atoms with van der Waals surface area (Å²) in [5.74, 6) is 0.979. The lowest BCUT2D eigenvalue weighted by atomic mass is 9.99. The van der Waals surface area contributed by atoms with Crippen molar-refractivity contribution in [1.29, 1.82) is 0 Å². The van der Waals surface area contributed by atoms with E-state index >= 15 is 0 Å². The van der Waals surface area contributed by atoms with E-state index in [-0.39, 0.29) is 0 Å². The van der Waals surface area contributed by atoms with Gasteiger partial charge < -0.3 is 0 Å². The molecule has 0 bridgehead atoms. The van der Waals surface area contributed by atoms with Gasteiger partial charge in [-0.2, -0.15) is 0 Å². The first-order valence-corrected chi connectivity index (χ1v) is 8.13. The van der Waals surface area contributed by atoms with E-state index in [4.69, 9.17) is 0 Å². The van der Waals surface area contributed by atoms with E-state index in [1.165, 1.54) is 16.7 Å². The Morgan fingerprint density at radius 2 is 1.38 bits per heavy atom. The summed E-state index contributed by atoms with van der Waals surface area (Å²) in [5.41, 5.74) is 4.89. The number of nitrogens with zero attached hydrogens (tertiary/aromatic N) is 2. The molecule has 0 unspecified atom stereocenters. The number of imidazole rings is 1. The monoisotopic (exact) mass is 310 g/mol. The molecule has 4 aromatic rings. The van der Waals surface area contributed by atoms with Gasteiger partial charge in [-0.3, -0.25) is 4.57 Å². The maximum absolute atomic E-state index is 4.63. The van der Waals surface area contributed by atoms with E-state index in [1.807, 2.05) is 18.5 Å². The number of rotatable bonds is 4. The SMILES string of the molecule is c1ccc(Cc2ccccc2-c2nccn2-c2ccccc2)cc1. The number of aromatic nitrogens is 2. The lowest BCUT2D eigenvalue weighted by Crippen LogP contribution is -1.99. The molecule has 0 radical (unpaired) electrons. The highest BCUT2D eigenvalue weighted by atomic mass is 15.1. The van der Waals surface area contributed by atoms with Crippen molar-refractivity contribution in [1.82, 2.24) is 9.55 Å². The molecule has 3 aromatic carbocycles. The third kappa shape index (κ3) is 2.86. The quantitative estimate of drug-likeness (QED) is 0.511. The van der Waals surface area contributed by atoms with Gasteiger partial charge >= 0.3 is 0 Å². The molecule has 0 aliphatic rings. The Morgan fingerprint density at radius 1 is 0.708 bits per heavy atom. The number of benzene rings is 3. The van der Waals surface area contributed by atoms with Crippen LogP contribution in [0.5, 0.6) is 0 Å². The van der Waals surface area contributed by atoms with Gasteiger partial charge in [-0.05, 0) is 29.7 Å². The number of hydrogen-bond donors (Lipinski definition) is 0. The molecule has 1 heterocycles. The molecule has 0 saturated heterocycles. The normalized spacial score (nSPS) is 10.7. The van der Waals surface area contributed by atoms with Crippen LogP contribution in [0.15, 0.2) is 97.3 Å². The van der Waals surface area contributed by atoms with Crippen LogP contribution < -0.4 is 0 Å². The summed E-state index contributed by atoms with van der Waals surface area (Å²) in [4.78, 5) is 4.63. The summed E-state index contributed by atoms with van der Waals surface area (Å²) in [7, 11) is 0. The standard InChI is InChI=1S/C22H18N2/c1-3-9-18(10-4-1)17-19-11-7-8-14-21(19)22-23-15-16-24(22)20-12-5-2-6-13-20/h1-16H,17H2. The molecular weight excluding hydrogens is 292 g/mol. The van der Waals surface area contributed by atoms with Gasteiger partial charge in [0.15, 0.2) is 0 Å². The van der Waals surface area contributed by atoms with Crippen molar-refractivity contribution in [3.05, 3.63) is 108 Å². The number of para-hydroxylation sites is 1. The first-order chi connectivity index (χ1) is 11.9. The van der Waals surface area contributed by atoms with Crippen molar-refractivity contribution in [3.63, 3.8) is 0 Å². The topological polar surface area (TPSA) is 17.8 Å². The Hall–Kier alpha value is -3.13. The Labute approximate surface area is 142 Å². The van der Waals surface area contributed by atoms with Gasteiger partial charge in [0.2, 0.25) is 0 Å². The van der Waals surface area contributed by atoms with E-state index in [0.29, 0.717) is 0 Å². The molecule has 0 aliphatic heterocycles. The van der Waals surface area contributed by atoms with Crippen LogP contribution in [0.2, 0.25) is 0 Å². The second-order valence-electron chi connectivity index (χ2n) is 5.78. The van der Waals surface area contributed by atoms with Crippen LogP contribution in [0, 0.1) is 0 Å². The fourth-order valence-electron chi connectivity index (χ4n) is 3.01. The molecule has 4 rings (SSSR count). The van der Waals surface area contributed by atoms with Crippen molar-refractivity contribution < 1.29 is 0 Å². The summed E-state index contributed by atoms with van der Waals surface area (Å²) in [5, 5.41) is 0. The molecule has 0 N–H and O–H groups in total. The summed E-state index contributed by atoms with van der Waals surface area (Å²) in [6.45, 7) is 0. The number of hydrogen-bond acceptors (Lipinski definition) is 1. The molecule has 2 nitrogen and oxygen atoms in total. The average Bonchev–Trinajstić information content (AvgIpc) is 3.13. The van der Waals surface area contributed by atoms with Crippen LogP contribution in [0.1, 0.15) is 11.1 Å². The molecule has 2 heteroatoms. The summed E-state index contributed by atoms with van der Waals surface area (Å²) in [6, 6.07) is 29.4. The van der Waals surface area contributed by atoms with Gasteiger partial charge in [-0.1, -0.05) is 72.8 Å². The summed E-state index contributed by atoms with van der Waals surface area (Å²) < 4.78 is 2.14. The molecule has 0 fully saturated rings. The lowest BCUT2D eigenvalue weighted by Gasteiger charge is -2.12. The third-order valence-corrected chi connectivity index (χ3v) is 4.17. The maximum atomic E-state index is 4.63. The molecule has 24 heavy (non-hydrogen) atoms. The highest BCUT2D eigenvalue weighted by Gasteiger charge is 2.11. The van der Waals surface area contributed by atoms with Gasteiger partial charge in [0.25, 0.3) is 0 Å². The molecule has 1 aromatic heterocycles. The first kappa shape index (κ1) is 14.5. The Bertz CT molecular complexity index is 924. The lowest BCUT2D eigenvalue weighted by molar-refractivity contribution is 1.06. The second kappa shape index (κ2) is 6.55. The summed E-state index contributed by atoms with van der Waals surface area (Å²) in [6.07, 6.45) is 4.78. The van der Waals surface area contributed by atoms with Crippen LogP contribution in [0.4, 0.5) is 0 Å². The van der Waals surface area contributed by atoms with Crippen molar-refractivity contribution >= 4 is 0 Å². The smallest absolute Gasteiger partial charge is 0.144 e. The van der Waals surface area contributed by atoms with E-state index in [2.05, 4.69) is 88.4 Å². The first-order valence-electron chi connectivity index (χ1n) is 8.13. The van der Waals surface area contributed by atoms with Gasteiger partial charge in [0.05, 0.1) is 0 Å². The Kier molecular flexibility index (Phi) is 3.95. The van der Waals surface area contributed by atoms with Gasteiger partial charge in [0.1, 0.15) is 5.82 Å². The highest BCUT2D eigenvalue weighted by Crippen LogP contribution is 2.26. The molecule has 0 saturated carbocycles. The molecule has 0 amide bonds. The molecular formula is C22H18N2. The summed E-state index contributed by atoms with van der Waals surface area (Å²) >= 11 is 0.